The average molecular weight is 282 g/mol. The fraction of sp³-hybridized carbons (Fsp3) is 0. The van der Waals surface area contributed by atoms with Gasteiger partial charge in [0.25, 0.3) is 0 Å². The Kier molecular flexibility index (Phi) is 4.70. The maximum absolute atomic E-state index is 5.76. The Labute approximate surface area is 104 Å². The number of H-pyrrole nitrogens is 2. The van der Waals surface area contributed by atoms with E-state index in [1.165, 1.54) is 5.39 Å². The summed E-state index contributed by atoms with van der Waals surface area (Å²) < 4.78 is 10.0. The Morgan fingerprint density at radius 3 is 2.53 bits per heavy atom. The summed E-state index contributed by atoms with van der Waals surface area (Å²) in [7, 11) is 2.36. The Morgan fingerprint density at radius 2 is 1.94 bits per heavy atom. The van der Waals surface area contributed by atoms with Gasteiger partial charge in [0.2, 0.25) is 0 Å². The van der Waals surface area contributed by atoms with Crippen molar-refractivity contribution in [1.82, 2.24) is 13.5 Å². The molecule has 2 aromatic carbocycles. The molecule has 0 bridgehead atoms. The minimum Gasteiger partial charge on any atom is -0.398 e. The van der Waals surface area contributed by atoms with Crippen LogP contribution in [0.3, 0.4) is 0 Å². The third-order valence-electron chi connectivity index (χ3n) is 2.15. The number of aromatic amines is 2. The van der Waals surface area contributed by atoms with Gasteiger partial charge in [0, 0.05) is 28.1 Å². The number of fused-ring (bicyclic) bond motifs is 1. The number of benzene rings is 2. The first-order valence-corrected chi connectivity index (χ1v) is 7.80. The summed E-state index contributed by atoms with van der Waals surface area (Å²) in [5.74, 6) is 0. The molecule has 0 saturated heterocycles. The summed E-state index contributed by atoms with van der Waals surface area (Å²) in [6, 6.07) is 14.1. The number of rotatable bonds is 0. The lowest BCUT2D eigenvalue weighted by Gasteiger charge is -1.98. The quantitative estimate of drug-likeness (QED) is 0.547. The van der Waals surface area contributed by atoms with Crippen molar-refractivity contribution in [3.8, 4) is 0 Å². The molecule has 0 aliphatic heterocycles. The summed E-state index contributed by atoms with van der Waals surface area (Å²) in [5.41, 5.74) is 6.61. The van der Waals surface area contributed by atoms with Gasteiger partial charge in [0.1, 0.15) is 8.51 Å². The monoisotopic (exact) mass is 282 g/mol. The SMILES string of the molecule is Nc1cccc2ccccc12.n1p[nH][pH][nH][pH]1. The van der Waals surface area contributed by atoms with Gasteiger partial charge in [-0.05, 0) is 11.5 Å². The summed E-state index contributed by atoms with van der Waals surface area (Å²) in [4.78, 5) is 0. The van der Waals surface area contributed by atoms with E-state index in [0.717, 1.165) is 19.6 Å². The molecule has 7 heteroatoms. The molecule has 4 nitrogen and oxygen atoms in total. The van der Waals surface area contributed by atoms with Crippen LogP contribution >= 0.6 is 25.5 Å². The van der Waals surface area contributed by atoms with E-state index in [4.69, 9.17) is 5.73 Å². The Bertz CT molecular complexity index is 559. The van der Waals surface area contributed by atoms with Gasteiger partial charge >= 0.3 is 0 Å². The molecule has 4 N–H and O–H groups in total. The smallest absolute Gasteiger partial charge is 0.138 e. The van der Waals surface area contributed by atoms with Gasteiger partial charge in [-0.3, -0.25) is 0 Å². The van der Waals surface area contributed by atoms with Crippen LogP contribution in [0.1, 0.15) is 0 Å². The lowest BCUT2D eigenvalue weighted by Crippen LogP contribution is -1.84. The molecule has 0 radical (unpaired) electrons. The van der Waals surface area contributed by atoms with Crippen LogP contribution in [0.4, 0.5) is 5.69 Å². The molecule has 0 aliphatic carbocycles. The van der Waals surface area contributed by atoms with E-state index >= 15 is 0 Å². The zero-order valence-corrected chi connectivity index (χ0v) is 11.9. The van der Waals surface area contributed by atoms with Gasteiger partial charge in [-0.1, -0.05) is 36.4 Å². The second-order valence-electron chi connectivity index (χ2n) is 3.24. The molecule has 0 aliphatic rings. The van der Waals surface area contributed by atoms with Crippen LogP contribution in [0.15, 0.2) is 42.5 Å². The number of nitrogens with zero attached hydrogens (tertiary/aromatic N) is 1. The highest BCUT2D eigenvalue weighted by molar-refractivity contribution is 7.43. The maximum Gasteiger partial charge on any atom is 0.138 e. The molecule has 2 atom stereocenters. The Balaban J connectivity index is 0.000000153. The summed E-state index contributed by atoms with van der Waals surface area (Å²) >= 11 is 0. The van der Waals surface area contributed by atoms with Crippen molar-refractivity contribution >= 4 is 42.0 Å². The molecule has 0 spiro atoms. The van der Waals surface area contributed by atoms with Gasteiger partial charge in [-0.25, -0.2) is 0 Å². The second-order valence-corrected chi connectivity index (χ2v) is 6.61. The predicted octanol–water partition coefficient (Wildman–Crippen LogP) is 3.93. The van der Waals surface area contributed by atoms with Crippen molar-refractivity contribution in [3.05, 3.63) is 42.5 Å². The van der Waals surface area contributed by atoms with Gasteiger partial charge < -0.3 is 14.8 Å². The van der Waals surface area contributed by atoms with E-state index in [1.807, 2.05) is 30.3 Å². The third kappa shape index (κ3) is 3.64. The van der Waals surface area contributed by atoms with Crippen LogP contribution in [-0.4, -0.2) is 13.5 Å². The van der Waals surface area contributed by atoms with Crippen molar-refractivity contribution in [3.63, 3.8) is 0 Å². The van der Waals surface area contributed by atoms with Crippen LogP contribution in [-0.2, 0) is 0 Å². The first-order chi connectivity index (χ1) is 8.38. The number of aromatic nitrogens is 3. The van der Waals surface area contributed by atoms with Gasteiger partial charge in [0.15, 0.2) is 0 Å². The van der Waals surface area contributed by atoms with Crippen molar-refractivity contribution in [2.24, 2.45) is 0 Å². The second kappa shape index (κ2) is 6.51. The van der Waals surface area contributed by atoms with E-state index in [1.54, 1.807) is 0 Å². The van der Waals surface area contributed by atoms with Crippen molar-refractivity contribution in [2.45, 2.75) is 0 Å². The van der Waals surface area contributed by atoms with Gasteiger partial charge in [-0.15, -0.1) is 0 Å². The lowest BCUT2D eigenvalue weighted by atomic mass is 10.1. The van der Waals surface area contributed by atoms with Gasteiger partial charge in [-0.2, -0.15) is 4.51 Å². The number of nitrogen functional groups attached to an aromatic ring is 1. The average Bonchev–Trinajstić information content (AvgIpc) is 2.42. The molecule has 0 fully saturated rings. The first-order valence-electron chi connectivity index (χ1n) is 5.01. The Hall–Kier alpha value is -1.20. The summed E-state index contributed by atoms with van der Waals surface area (Å²) in [6.07, 6.45) is 0. The standard InChI is InChI=1S/C10H9N.H4N3P3/c11-10-7-3-5-8-4-1-2-6-9(8)10;1-4-2-6-3-5-1/h1-7H,11H2;1,4-5H,(H,2,3). The zero-order valence-electron chi connectivity index (χ0n) is 9.01. The van der Waals surface area contributed by atoms with Crippen LogP contribution in [0.5, 0.6) is 0 Å². The van der Waals surface area contributed by atoms with Crippen LogP contribution in [0, 0.1) is 0 Å². The van der Waals surface area contributed by atoms with E-state index in [9.17, 15) is 0 Å². The largest absolute Gasteiger partial charge is 0.398 e. The fourth-order valence-corrected chi connectivity index (χ4v) is 4.06. The molecule has 88 valence electrons. The zero-order chi connectivity index (χ0) is 11.9. The van der Waals surface area contributed by atoms with Crippen molar-refractivity contribution < 1.29 is 0 Å². The maximum atomic E-state index is 5.76. The van der Waals surface area contributed by atoms with Crippen molar-refractivity contribution in [1.29, 1.82) is 0 Å². The van der Waals surface area contributed by atoms with Gasteiger partial charge in [0.05, 0.1) is 0 Å². The van der Waals surface area contributed by atoms with Crippen LogP contribution in [0.25, 0.3) is 10.8 Å². The highest BCUT2D eigenvalue weighted by atomic mass is 31.1. The molecule has 3 aromatic rings. The highest BCUT2D eigenvalue weighted by Gasteiger charge is 1.92. The number of hydrogen-bond acceptors (Lipinski definition) is 2. The molecule has 1 aromatic heterocycles. The lowest BCUT2D eigenvalue weighted by molar-refractivity contribution is 1.69. The van der Waals surface area contributed by atoms with Crippen LogP contribution in [0.2, 0.25) is 0 Å². The normalized spacial score (nSPS) is 10.8. The molecule has 0 saturated carbocycles. The van der Waals surface area contributed by atoms with E-state index in [2.05, 4.69) is 25.7 Å². The van der Waals surface area contributed by atoms with Crippen molar-refractivity contribution in [2.75, 3.05) is 5.73 Å². The van der Waals surface area contributed by atoms with E-state index < -0.39 is 0 Å². The highest BCUT2D eigenvalue weighted by Crippen LogP contribution is 2.19. The molecular formula is C10H13N4P3. The number of hydrogen-bond donors (Lipinski definition) is 3. The fourth-order valence-electron chi connectivity index (χ4n) is 1.41. The number of nitrogens with two attached hydrogens (primary N) is 1. The minimum atomic E-state index is 0.614. The van der Waals surface area contributed by atoms with Crippen LogP contribution < -0.4 is 5.73 Å². The molecule has 0 amide bonds. The number of anilines is 1. The van der Waals surface area contributed by atoms with E-state index in [-0.39, 0.29) is 0 Å². The Morgan fingerprint density at radius 1 is 1.12 bits per heavy atom. The summed E-state index contributed by atoms with van der Waals surface area (Å²) in [6.45, 7) is 0. The third-order valence-corrected chi connectivity index (χ3v) is 4.74. The predicted molar refractivity (Wildman–Crippen MR) is 80.4 cm³/mol. The topological polar surface area (TPSA) is 70.5 Å². The molecule has 1 heterocycles. The minimum absolute atomic E-state index is 0.614. The van der Waals surface area contributed by atoms with E-state index in [0.29, 0.717) is 17.0 Å². The first kappa shape index (κ1) is 12.3. The molecule has 2 unspecified atom stereocenters. The molecule has 3 rings (SSSR count). The molecule has 17 heavy (non-hydrogen) atoms. The molecular weight excluding hydrogens is 269 g/mol. The number of nitrogens with one attached hydrogen (secondary N) is 2. The summed E-state index contributed by atoms with van der Waals surface area (Å²) in [5, 5.41) is 2.34.